The molecule has 0 saturated carbocycles. The van der Waals surface area contributed by atoms with Crippen LogP contribution in [-0.4, -0.2) is 6.10 Å². The molecule has 0 aromatic rings. The third-order valence-electron chi connectivity index (χ3n) is 1.33. The molecule has 0 fully saturated rings. The van der Waals surface area contributed by atoms with Crippen LogP contribution in [0.1, 0.15) is 19.3 Å². The van der Waals surface area contributed by atoms with Crippen LogP contribution in [0.2, 0.25) is 0 Å². The highest BCUT2D eigenvalue weighted by atomic mass is 17.1. The fraction of sp³-hybridized carbons (Fsp3) is 0.667. The highest BCUT2D eigenvalue weighted by Gasteiger charge is 2.06. The predicted molar refractivity (Wildman–Crippen MR) is 28.6 cm³/mol. The second-order valence-corrected chi connectivity index (χ2v) is 1.99. The van der Waals surface area contributed by atoms with Crippen molar-refractivity contribution in [2.45, 2.75) is 25.4 Å². The van der Waals surface area contributed by atoms with Crippen LogP contribution in [0.3, 0.4) is 0 Å². The summed E-state index contributed by atoms with van der Waals surface area (Å²) in [7, 11) is 0. The van der Waals surface area contributed by atoms with Gasteiger partial charge in [-0.3, -0.25) is 0 Å². The van der Waals surface area contributed by atoms with Crippen LogP contribution in [-0.2, 0) is 10.1 Å². The van der Waals surface area contributed by atoms with E-state index in [4.69, 9.17) is 0 Å². The second kappa shape index (κ2) is 2.84. The monoisotopic (exact) mass is 113 g/mol. The van der Waals surface area contributed by atoms with Gasteiger partial charge in [-0.05, 0) is 24.5 Å². The van der Waals surface area contributed by atoms with Crippen LogP contribution in [0.5, 0.6) is 0 Å². The molecule has 1 aliphatic rings. The highest BCUT2D eigenvalue weighted by molar-refractivity contribution is 4.93. The average Bonchev–Trinajstić information content (AvgIpc) is 1.90. The van der Waals surface area contributed by atoms with Gasteiger partial charge >= 0.3 is 0 Å². The molecule has 8 heavy (non-hydrogen) atoms. The molecule has 2 nitrogen and oxygen atoms in total. The van der Waals surface area contributed by atoms with Crippen LogP contribution in [0.25, 0.3) is 0 Å². The lowest BCUT2D eigenvalue weighted by Crippen LogP contribution is -2.08. The van der Waals surface area contributed by atoms with Crippen molar-refractivity contribution in [3.8, 4) is 0 Å². The third kappa shape index (κ3) is 1.32. The van der Waals surface area contributed by atoms with Gasteiger partial charge in [0.25, 0.3) is 0 Å². The quantitative estimate of drug-likeness (QED) is 0.287. The lowest BCUT2D eigenvalue weighted by atomic mass is 10.1. The van der Waals surface area contributed by atoms with Gasteiger partial charge in [0.05, 0.1) is 0 Å². The molecule has 0 aromatic heterocycles. The summed E-state index contributed by atoms with van der Waals surface area (Å²) < 4.78 is 0. The zero-order valence-corrected chi connectivity index (χ0v) is 4.67. The summed E-state index contributed by atoms with van der Waals surface area (Å²) >= 11 is 0. The summed E-state index contributed by atoms with van der Waals surface area (Å²) in [6.07, 6.45) is 6.75. The normalized spacial score (nSPS) is 28.4. The minimum atomic E-state index is -0.149. The summed E-state index contributed by atoms with van der Waals surface area (Å²) in [5.41, 5.74) is 0. The predicted octanol–water partition coefficient (Wildman–Crippen LogP) is 1.46. The largest absolute Gasteiger partial charge is 0.196 e. The average molecular weight is 113 g/mol. The summed E-state index contributed by atoms with van der Waals surface area (Å²) in [4.78, 5) is 3.85. The summed E-state index contributed by atoms with van der Waals surface area (Å²) in [6.45, 7) is 0. The van der Waals surface area contributed by atoms with Gasteiger partial charge in [-0.2, -0.15) is 4.89 Å². The molecule has 1 unspecified atom stereocenters. The Morgan fingerprint density at radius 3 is 2.88 bits per heavy atom. The van der Waals surface area contributed by atoms with Crippen LogP contribution >= 0.6 is 0 Å². The van der Waals surface area contributed by atoms with Gasteiger partial charge in [-0.15, -0.1) is 0 Å². The maximum absolute atomic E-state index is 9.73. The second-order valence-electron chi connectivity index (χ2n) is 1.99. The van der Waals surface area contributed by atoms with E-state index in [1.54, 1.807) is 0 Å². The van der Waals surface area contributed by atoms with E-state index in [1.807, 2.05) is 12.2 Å². The minimum Gasteiger partial charge on any atom is -0.196 e. The molecule has 1 rings (SSSR count). The Kier molecular flexibility index (Phi) is 2.06. The van der Waals surface area contributed by atoms with E-state index in [2.05, 4.69) is 4.89 Å². The fourth-order valence-corrected chi connectivity index (χ4v) is 0.861. The van der Waals surface area contributed by atoms with Crippen molar-refractivity contribution < 1.29 is 10.1 Å². The molecule has 0 spiro atoms. The SMILES string of the molecule is [O]OC1C=CCCC1. The molecule has 45 valence electrons. The molecule has 0 aromatic carbocycles. The third-order valence-corrected chi connectivity index (χ3v) is 1.33. The van der Waals surface area contributed by atoms with Crippen molar-refractivity contribution in [2.75, 3.05) is 0 Å². The van der Waals surface area contributed by atoms with Crippen LogP contribution < -0.4 is 0 Å². The molecule has 0 N–H and O–H groups in total. The van der Waals surface area contributed by atoms with Gasteiger partial charge in [0, 0.05) is 0 Å². The summed E-state index contributed by atoms with van der Waals surface area (Å²) in [5, 5.41) is 9.73. The fourth-order valence-electron chi connectivity index (χ4n) is 0.861. The molecular formula is C6H9O2. The van der Waals surface area contributed by atoms with Crippen LogP contribution in [0, 0.1) is 0 Å². The summed E-state index contributed by atoms with van der Waals surface area (Å²) in [6, 6.07) is 0. The molecule has 0 aliphatic heterocycles. The zero-order valence-electron chi connectivity index (χ0n) is 4.67. The number of hydrogen-bond donors (Lipinski definition) is 0. The van der Waals surface area contributed by atoms with E-state index in [0.29, 0.717) is 0 Å². The van der Waals surface area contributed by atoms with Crippen molar-refractivity contribution >= 4 is 0 Å². The van der Waals surface area contributed by atoms with Crippen molar-refractivity contribution in [1.82, 2.24) is 0 Å². The smallest absolute Gasteiger partial charge is 0.114 e. The van der Waals surface area contributed by atoms with E-state index in [0.717, 1.165) is 19.3 Å². The van der Waals surface area contributed by atoms with Crippen molar-refractivity contribution in [2.24, 2.45) is 0 Å². The van der Waals surface area contributed by atoms with E-state index < -0.39 is 0 Å². The Morgan fingerprint density at radius 1 is 1.62 bits per heavy atom. The van der Waals surface area contributed by atoms with Gasteiger partial charge in [0.2, 0.25) is 0 Å². The first kappa shape index (κ1) is 5.79. The van der Waals surface area contributed by atoms with E-state index in [1.165, 1.54) is 0 Å². The van der Waals surface area contributed by atoms with Crippen LogP contribution in [0.15, 0.2) is 12.2 Å². The van der Waals surface area contributed by atoms with Crippen LogP contribution in [0.4, 0.5) is 0 Å². The maximum Gasteiger partial charge on any atom is 0.114 e. The molecule has 0 heterocycles. The van der Waals surface area contributed by atoms with Gasteiger partial charge in [0.15, 0.2) is 0 Å². The number of allylic oxidation sites excluding steroid dienone is 1. The first-order valence-corrected chi connectivity index (χ1v) is 2.89. The number of rotatable bonds is 1. The Balaban J connectivity index is 2.32. The molecule has 1 aliphatic carbocycles. The van der Waals surface area contributed by atoms with Crippen molar-refractivity contribution in [3.63, 3.8) is 0 Å². The topological polar surface area (TPSA) is 29.1 Å². The number of hydrogen-bond acceptors (Lipinski definition) is 1. The Hall–Kier alpha value is -0.340. The minimum absolute atomic E-state index is 0.149. The standard InChI is InChI=1S/C6H9O2/c7-8-6-4-2-1-3-5-6/h2,4,6H,1,3,5H2. The maximum atomic E-state index is 9.73. The first-order valence-electron chi connectivity index (χ1n) is 2.89. The van der Waals surface area contributed by atoms with Gasteiger partial charge in [-0.1, -0.05) is 12.2 Å². The van der Waals surface area contributed by atoms with Gasteiger partial charge in [0.1, 0.15) is 6.10 Å². The molecular weight excluding hydrogens is 104 g/mol. The molecule has 2 heteroatoms. The molecule has 1 atom stereocenters. The van der Waals surface area contributed by atoms with E-state index in [-0.39, 0.29) is 6.10 Å². The lowest BCUT2D eigenvalue weighted by molar-refractivity contribution is -0.325. The molecule has 0 amide bonds. The van der Waals surface area contributed by atoms with Crippen molar-refractivity contribution in [3.05, 3.63) is 12.2 Å². The zero-order chi connectivity index (χ0) is 5.82. The first-order chi connectivity index (χ1) is 3.93. The Morgan fingerprint density at radius 2 is 2.50 bits per heavy atom. The van der Waals surface area contributed by atoms with Gasteiger partial charge < -0.3 is 0 Å². The van der Waals surface area contributed by atoms with Gasteiger partial charge in [-0.25, -0.2) is 0 Å². The summed E-state index contributed by atoms with van der Waals surface area (Å²) in [5.74, 6) is 0. The Bertz CT molecular complexity index is 88.5. The van der Waals surface area contributed by atoms with Crippen molar-refractivity contribution in [1.29, 1.82) is 0 Å². The molecule has 1 radical (unpaired) electrons. The molecule has 0 saturated heterocycles. The lowest BCUT2D eigenvalue weighted by Gasteiger charge is -2.09. The van der Waals surface area contributed by atoms with E-state index in [9.17, 15) is 5.26 Å². The molecule has 0 bridgehead atoms. The van der Waals surface area contributed by atoms with E-state index >= 15 is 0 Å². The Labute approximate surface area is 48.7 Å². The highest BCUT2D eigenvalue weighted by Crippen LogP contribution is 2.11.